The molecule has 1 N–H and O–H groups in total. The van der Waals surface area contributed by atoms with Crippen LogP contribution in [0.25, 0.3) is 21.9 Å². The predicted octanol–water partition coefficient (Wildman–Crippen LogP) is 3.64. The Bertz CT molecular complexity index is 1030. The number of pyridine rings is 1. The Hall–Kier alpha value is -2.66. The van der Waals surface area contributed by atoms with Crippen LogP contribution in [-0.4, -0.2) is 16.8 Å². The number of hydrogen-bond acceptors (Lipinski definition) is 3. The summed E-state index contributed by atoms with van der Waals surface area (Å²) < 4.78 is 20.8. The number of hydrogen-bond donors (Lipinski definition) is 1. The predicted molar refractivity (Wildman–Crippen MR) is 94.3 cm³/mol. The van der Waals surface area contributed by atoms with Gasteiger partial charge in [-0.15, -0.1) is 0 Å². The molecule has 0 saturated heterocycles. The summed E-state index contributed by atoms with van der Waals surface area (Å²) in [6.07, 6.45) is 0.561. The molecule has 4 nitrogen and oxygen atoms in total. The van der Waals surface area contributed by atoms with Crippen molar-refractivity contribution in [3.05, 3.63) is 64.3 Å². The smallest absolute Gasteiger partial charge is 0.258 e. The summed E-state index contributed by atoms with van der Waals surface area (Å²) in [4.78, 5) is 12.9. The number of aromatic nitrogens is 1. The van der Waals surface area contributed by atoms with E-state index in [1.807, 2.05) is 0 Å². The van der Waals surface area contributed by atoms with Crippen molar-refractivity contribution in [3.63, 3.8) is 0 Å². The van der Waals surface area contributed by atoms with Crippen LogP contribution in [0.4, 0.5) is 4.39 Å². The summed E-state index contributed by atoms with van der Waals surface area (Å²) in [7, 11) is 1.56. The number of benzene rings is 2. The first-order valence-electron chi connectivity index (χ1n) is 8.28. The number of rotatable bonds is 2. The Balaban J connectivity index is 2.19. The zero-order valence-electron chi connectivity index (χ0n) is 13.8. The van der Waals surface area contributed by atoms with Crippen molar-refractivity contribution in [2.24, 2.45) is 0 Å². The molecule has 1 aliphatic rings. The lowest BCUT2D eigenvalue weighted by molar-refractivity contribution is 0.138. The Kier molecular flexibility index (Phi) is 3.81. The van der Waals surface area contributed by atoms with E-state index in [4.69, 9.17) is 4.74 Å². The highest BCUT2D eigenvalue weighted by Crippen LogP contribution is 2.38. The van der Waals surface area contributed by atoms with Gasteiger partial charge in [-0.05, 0) is 48.7 Å². The highest BCUT2D eigenvalue weighted by Gasteiger charge is 2.26. The minimum absolute atomic E-state index is 0.133. The molecule has 4 rings (SSSR count). The van der Waals surface area contributed by atoms with E-state index in [9.17, 15) is 14.3 Å². The van der Waals surface area contributed by atoms with Crippen molar-refractivity contribution < 1.29 is 14.2 Å². The molecule has 128 valence electrons. The van der Waals surface area contributed by atoms with Gasteiger partial charge in [0.25, 0.3) is 5.56 Å². The number of aliphatic hydroxyl groups is 1. The Labute approximate surface area is 144 Å². The molecule has 0 bridgehead atoms. The highest BCUT2D eigenvalue weighted by molar-refractivity contribution is 5.98. The zero-order chi connectivity index (χ0) is 17.6. The molecule has 25 heavy (non-hydrogen) atoms. The molecule has 0 spiro atoms. The van der Waals surface area contributed by atoms with Gasteiger partial charge in [0, 0.05) is 22.9 Å². The molecule has 3 aromatic rings. The summed E-state index contributed by atoms with van der Waals surface area (Å²) in [5.41, 5.74) is 1.76. The third kappa shape index (κ3) is 2.51. The Morgan fingerprint density at radius 3 is 2.80 bits per heavy atom. The second kappa shape index (κ2) is 6.01. The molecule has 2 aromatic carbocycles. The summed E-state index contributed by atoms with van der Waals surface area (Å²) in [6.45, 7) is 0.551. The first-order valence-corrected chi connectivity index (χ1v) is 8.28. The van der Waals surface area contributed by atoms with Crippen LogP contribution < -0.4 is 10.3 Å². The van der Waals surface area contributed by atoms with E-state index >= 15 is 0 Å². The summed E-state index contributed by atoms with van der Waals surface area (Å²) in [5, 5.41) is 11.8. The number of methoxy groups -OCH3 is 1. The minimum atomic E-state index is -0.754. The van der Waals surface area contributed by atoms with Crippen molar-refractivity contribution in [2.45, 2.75) is 25.5 Å². The lowest BCUT2D eigenvalue weighted by Crippen LogP contribution is -2.30. The molecule has 1 atom stereocenters. The van der Waals surface area contributed by atoms with Crippen molar-refractivity contribution in [2.75, 3.05) is 7.11 Å². The molecule has 0 aliphatic carbocycles. The van der Waals surface area contributed by atoms with Gasteiger partial charge in [-0.3, -0.25) is 4.79 Å². The van der Waals surface area contributed by atoms with Gasteiger partial charge in [-0.25, -0.2) is 4.39 Å². The van der Waals surface area contributed by atoms with E-state index in [1.165, 1.54) is 12.1 Å². The van der Waals surface area contributed by atoms with Crippen molar-refractivity contribution in [1.29, 1.82) is 0 Å². The first kappa shape index (κ1) is 15.8. The molecule has 2 heterocycles. The molecule has 0 amide bonds. The molecular formula is C20H18FNO3. The van der Waals surface area contributed by atoms with Crippen LogP contribution in [0.1, 0.15) is 24.6 Å². The maximum Gasteiger partial charge on any atom is 0.258 e. The molecule has 0 unspecified atom stereocenters. The van der Waals surface area contributed by atoms with Gasteiger partial charge in [0.05, 0.1) is 18.9 Å². The fourth-order valence-electron chi connectivity index (χ4n) is 3.67. The third-order valence-electron chi connectivity index (χ3n) is 4.81. The van der Waals surface area contributed by atoms with Crippen molar-refractivity contribution in [1.82, 2.24) is 4.57 Å². The lowest BCUT2D eigenvalue weighted by atomic mass is 9.91. The molecular weight excluding hydrogens is 321 g/mol. The zero-order valence-corrected chi connectivity index (χ0v) is 13.8. The van der Waals surface area contributed by atoms with Crippen LogP contribution in [0, 0.1) is 5.82 Å². The van der Waals surface area contributed by atoms with Crippen LogP contribution in [0.5, 0.6) is 5.75 Å². The molecule has 0 fully saturated rings. The average Bonchev–Trinajstić information content (AvgIpc) is 2.62. The van der Waals surface area contributed by atoms with E-state index in [-0.39, 0.29) is 11.4 Å². The van der Waals surface area contributed by atoms with Gasteiger partial charge in [-0.2, -0.15) is 0 Å². The van der Waals surface area contributed by atoms with E-state index < -0.39 is 6.10 Å². The Morgan fingerprint density at radius 2 is 2.04 bits per heavy atom. The largest absolute Gasteiger partial charge is 0.497 e. The summed E-state index contributed by atoms with van der Waals surface area (Å²) in [6, 6.07) is 11.5. The molecule has 5 heteroatoms. The highest BCUT2D eigenvalue weighted by atomic mass is 19.1. The van der Waals surface area contributed by atoms with Gasteiger partial charge < -0.3 is 14.4 Å². The van der Waals surface area contributed by atoms with Crippen molar-refractivity contribution in [3.8, 4) is 16.9 Å². The lowest BCUT2D eigenvalue weighted by Gasteiger charge is -2.27. The molecule has 0 radical (unpaired) electrons. The number of fused-ring (bicyclic) bond motifs is 2. The number of nitrogens with zero attached hydrogens (tertiary/aromatic N) is 1. The van der Waals surface area contributed by atoms with Crippen LogP contribution in [0.3, 0.4) is 0 Å². The van der Waals surface area contributed by atoms with Crippen LogP contribution in [-0.2, 0) is 6.54 Å². The minimum Gasteiger partial charge on any atom is -0.497 e. The standard InChI is InChI=1S/C20H18FNO3/c1-25-14-7-8-15-16(11-14)18(12-4-2-5-13(21)10-12)19-17(23)6-3-9-22(19)20(15)24/h2,4-5,7-8,10-11,17,23H,3,6,9H2,1H3/t17-/m1/s1. The van der Waals surface area contributed by atoms with E-state index in [0.29, 0.717) is 46.3 Å². The SMILES string of the molecule is COc1ccc2c(=O)n3c(c(-c4cccc(F)c4)c2c1)[C@H](O)CCC3. The van der Waals surface area contributed by atoms with Gasteiger partial charge in [0.15, 0.2) is 0 Å². The van der Waals surface area contributed by atoms with E-state index in [1.54, 1.807) is 42.0 Å². The fourth-order valence-corrected chi connectivity index (χ4v) is 3.67. The summed E-state index contributed by atoms with van der Waals surface area (Å²) in [5.74, 6) is 0.253. The summed E-state index contributed by atoms with van der Waals surface area (Å²) >= 11 is 0. The molecule has 1 aliphatic heterocycles. The third-order valence-corrected chi connectivity index (χ3v) is 4.81. The van der Waals surface area contributed by atoms with Crippen LogP contribution in [0.2, 0.25) is 0 Å². The van der Waals surface area contributed by atoms with Gasteiger partial charge in [0.2, 0.25) is 0 Å². The molecule has 0 saturated carbocycles. The fraction of sp³-hybridized carbons (Fsp3) is 0.250. The number of halogens is 1. The first-order chi connectivity index (χ1) is 12.1. The number of aliphatic hydroxyl groups excluding tert-OH is 1. The second-order valence-corrected chi connectivity index (χ2v) is 6.30. The Morgan fingerprint density at radius 1 is 1.20 bits per heavy atom. The molecule has 1 aromatic heterocycles. The second-order valence-electron chi connectivity index (χ2n) is 6.30. The average molecular weight is 339 g/mol. The van der Waals surface area contributed by atoms with Crippen LogP contribution in [0.15, 0.2) is 47.3 Å². The normalized spacial score (nSPS) is 16.7. The number of ether oxygens (including phenoxy) is 1. The maximum absolute atomic E-state index is 13.9. The van der Waals surface area contributed by atoms with E-state index in [0.717, 1.165) is 6.42 Å². The van der Waals surface area contributed by atoms with Gasteiger partial charge in [-0.1, -0.05) is 12.1 Å². The monoisotopic (exact) mass is 339 g/mol. The van der Waals surface area contributed by atoms with Crippen LogP contribution >= 0.6 is 0 Å². The topological polar surface area (TPSA) is 51.5 Å². The quantitative estimate of drug-likeness (QED) is 0.775. The maximum atomic E-state index is 13.9. The van der Waals surface area contributed by atoms with E-state index in [2.05, 4.69) is 0 Å². The van der Waals surface area contributed by atoms with Gasteiger partial charge >= 0.3 is 0 Å². The van der Waals surface area contributed by atoms with Crippen molar-refractivity contribution >= 4 is 10.8 Å². The van der Waals surface area contributed by atoms with Gasteiger partial charge in [0.1, 0.15) is 11.6 Å².